The van der Waals surface area contributed by atoms with E-state index in [1.165, 1.54) is 18.3 Å². The van der Waals surface area contributed by atoms with Crippen LogP contribution in [0.25, 0.3) is 0 Å². The number of aromatic nitrogens is 2. The molecule has 2 heterocycles. The van der Waals surface area contributed by atoms with Gasteiger partial charge in [-0.15, -0.1) is 0 Å². The van der Waals surface area contributed by atoms with Crippen molar-refractivity contribution in [3.63, 3.8) is 0 Å². The number of hydrogen-bond acceptors (Lipinski definition) is 5. The second kappa shape index (κ2) is 8.36. The highest BCUT2D eigenvalue weighted by Crippen LogP contribution is 2.15. The highest BCUT2D eigenvalue weighted by molar-refractivity contribution is 6.05. The van der Waals surface area contributed by atoms with Crippen molar-refractivity contribution in [2.45, 2.75) is 6.54 Å². The highest BCUT2D eigenvalue weighted by Gasteiger charge is 2.13. The van der Waals surface area contributed by atoms with E-state index >= 15 is 0 Å². The van der Waals surface area contributed by atoms with E-state index in [4.69, 9.17) is 5.26 Å². The van der Waals surface area contributed by atoms with Gasteiger partial charge in [0.15, 0.2) is 0 Å². The molecule has 2 aromatic heterocycles. The minimum atomic E-state index is -0.500. The number of carbonyl (C=O) groups is 2. The van der Waals surface area contributed by atoms with E-state index in [0.29, 0.717) is 23.4 Å². The van der Waals surface area contributed by atoms with Crippen molar-refractivity contribution in [1.82, 2.24) is 15.3 Å². The molecule has 0 aliphatic heterocycles. The summed E-state index contributed by atoms with van der Waals surface area (Å²) in [6, 6.07) is 15.2. The Morgan fingerprint density at radius 3 is 2.67 bits per heavy atom. The van der Waals surface area contributed by atoms with Crippen LogP contribution in [0.2, 0.25) is 0 Å². The zero-order chi connectivity index (χ0) is 19.1. The molecular formula is C20H15N5O2. The largest absolute Gasteiger partial charge is 0.348 e. The zero-order valence-electron chi connectivity index (χ0n) is 14.2. The Balaban J connectivity index is 1.70. The van der Waals surface area contributed by atoms with Crippen LogP contribution in [0, 0.1) is 11.3 Å². The lowest BCUT2D eigenvalue weighted by Crippen LogP contribution is -2.24. The Labute approximate surface area is 155 Å². The number of amides is 2. The van der Waals surface area contributed by atoms with E-state index in [1.54, 1.807) is 42.7 Å². The summed E-state index contributed by atoms with van der Waals surface area (Å²) in [5.41, 5.74) is 1.99. The number of anilines is 1. The quantitative estimate of drug-likeness (QED) is 0.729. The van der Waals surface area contributed by atoms with Gasteiger partial charge in [-0.05, 0) is 35.9 Å². The van der Waals surface area contributed by atoms with E-state index in [2.05, 4.69) is 20.6 Å². The van der Waals surface area contributed by atoms with Crippen LogP contribution in [-0.4, -0.2) is 21.8 Å². The van der Waals surface area contributed by atoms with Crippen molar-refractivity contribution in [3.8, 4) is 6.07 Å². The summed E-state index contributed by atoms with van der Waals surface area (Å²) < 4.78 is 0. The second-order valence-electron chi connectivity index (χ2n) is 5.59. The molecule has 7 heteroatoms. The third-order valence-electron chi connectivity index (χ3n) is 3.73. The lowest BCUT2D eigenvalue weighted by Gasteiger charge is -2.08. The van der Waals surface area contributed by atoms with Crippen molar-refractivity contribution in [2.24, 2.45) is 0 Å². The van der Waals surface area contributed by atoms with Gasteiger partial charge in [-0.25, -0.2) is 0 Å². The summed E-state index contributed by atoms with van der Waals surface area (Å²) in [7, 11) is 0. The molecule has 3 aromatic rings. The van der Waals surface area contributed by atoms with Gasteiger partial charge in [0.2, 0.25) is 0 Å². The maximum atomic E-state index is 12.4. The Morgan fingerprint density at radius 1 is 1.04 bits per heavy atom. The minimum Gasteiger partial charge on any atom is -0.348 e. The molecule has 2 N–H and O–H groups in total. The van der Waals surface area contributed by atoms with Crippen LogP contribution in [0.15, 0.2) is 67.1 Å². The van der Waals surface area contributed by atoms with Crippen molar-refractivity contribution in [3.05, 3.63) is 89.5 Å². The maximum absolute atomic E-state index is 12.4. The van der Waals surface area contributed by atoms with E-state index < -0.39 is 5.91 Å². The predicted molar refractivity (Wildman–Crippen MR) is 98.8 cm³/mol. The first-order valence-corrected chi connectivity index (χ1v) is 8.11. The van der Waals surface area contributed by atoms with Crippen molar-refractivity contribution in [2.75, 3.05) is 5.32 Å². The molecule has 0 fully saturated rings. The fraction of sp³-hybridized carbons (Fsp3) is 0.0500. The first kappa shape index (κ1) is 17.8. The molecule has 0 radical (unpaired) electrons. The van der Waals surface area contributed by atoms with Crippen LogP contribution in [0.3, 0.4) is 0 Å². The van der Waals surface area contributed by atoms with Gasteiger partial charge in [0.25, 0.3) is 11.8 Å². The van der Waals surface area contributed by atoms with Gasteiger partial charge >= 0.3 is 0 Å². The molecule has 1 aromatic carbocycles. The zero-order valence-corrected chi connectivity index (χ0v) is 14.2. The van der Waals surface area contributed by atoms with Crippen LogP contribution in [-0.2, 0) is 6.54 Å². The van der Waals surface area contributed by atoms with Crippen LogP contribution in [0.1, 0.15) is 32.0 Å². The molecule has 0 bridgehead atoms. The Hall–Kier alpha value is -4.05. The van der Waals surface area contributed by atoms with E-state index in [-0.39, 0.29) is 11.6 Å². The standard InChI is InChI=1S/C20H15N5O2/c21-11-16-5-1-2-6-17(16)25-20(27)18-10-15(7-9-23-18)19(26)24-13-14-4-3-8-22-12-14/h1-10,12H,13H2,(H,24,26)(H,25,27). The summed E-state index contributed by atoms with van der Waals surface area (Å²) in [6.07, 6.45) is 4.71. The molecule has 27 heavy (non-hydrogen) atoms. The average molecular weight is 357 g/mol. The molecule has 0 saturated heterocycles. The maximum Gasteiger partial charge on any atom is 0.274 e. The van der Waals surface area contributed by atoms with Gasteiger partial charge in [-0.2, -0.15) is 5.26 Å². The van der Waals surface area contributed by atoms with Crippen LogP contribution in [0.5, 0.6) is 0 Å². The van der Waals surface area contributed by atoms with Crippen molar-refractivity contribution < 1.29 is 9.59 Å². The predicted octanol–water partition coefficient (Wildman–Crippen LogP) is 2.53. The van der Waals surface area contributed by atoms with E-state index in [9.17, 15) is 9.59 Å². The molecule has 3 rings (SSSR count). The second-order valence-corrected chi connectivity index (χ2v) is 5.59. The molecule has 0 saturated carbocycles. The highest BCUT2D eigenvalue weighted by atomic mass is 16.2. The molecule has 0 unspecified atom stereocenters. The van der Waals surface area contributed by atoms with Gasteiger partial charge in [-0.3, -0.25) is 19.6 Å². The monoisotopic (exact) mass is 357 g/mol. The SMILES string of the molecule is N#Cc1ccccc1NC(=O)c1cc(C(=O)NCc2cccnc2)ccn1. The topological polar surface area (TPSA) is 108 Å². The lowest BCUT2D eigenvalue weighted by molar-refractivity contribution is 0.0950. The summed E-state index contributed by atoms with van der Waals surface area (Å²) in [6.45, 7) is 0.325. The normalized spacial score (nSPS) is 9.89. The molecule has 7 nitrogen and oxygen atoms in total. The van der Waals surface area contributed by atoms with Crippen molar-refractivity contribution >= 4 is 17.5 Å². The number of nitriles is 1. The van der Waals surface area contributed by atoms with Crippen LogP contribution in [0.4, 0.5) is 5.69 Å². The average Bonchev–Trinajstić information content (AvgIpc) is 2.73. The number of hydrogen-bond donors (Lipinski definition) is 2. The fourth-order valence-electron chi connectivity index (χ4n) is 2.36. The number of carbonyl (C=O) groups excluding carboxylic acids is 2. The minimum absolute atomic E-state index is 0.0803. The number of para-hydroxylation sites is 1. The van der Waals surface area contributed by atoms with E-state index in [1.807, 2.05) is 12.1 Å². The molecule has 0 aliphatic rings. The first-order valence-electron chi connectivity index (χ1n) is 8.11. The summed E-state index contributed by atoms with van der Waals surface area (Å²) in [4.78, 5) is 32.7. The third-order valence-corrected chi connectivity index (χ3v) is 3.73. The Kier molecular flexibility index (Phi) is 5.50. The molecule has 2 amide bonds. The Morgan fingerprint density at radius 2 is 1.89 bits per heavy atom. The van der Waals surface area contributed by atoms with Crippen molar-refractivity contribution in [1.29, 1.82) is 5.26 Å². The smallest absolute Gasteiger partial charge is 0.274 e. The van der Waals surface area contributed by atoms with Crippen LogP contribution < -0.4 is 10.6 Å². The number of nitrogens with one attached hydrogen (secondary N) is 2. The number of benzene rings is 1. The van der Waals surface area contributed by atoms with Gasteiger partial charge in [0, 0.05) is 30.7 Å². The lowest BCUT2D eigenvalue weighted by atomic mass is 10.1. The van der Waals surface area contributed by atoms with Gasteiger partial charge in [-0.1, -0.05) is 18.2 Å². The molecule has 0 spiro atoms. The molecule has 0 aliphatic carbocycles. The first-order chi connectivity index (χ1) is 13.2. The summed E-state index contributed by atoms with van der Waals surface area (Å²) in [5.74, 6) is -0.827. The van der Waals surface area contributed by atoms with Crippen LogP contribution >= 0.6 is 0 Å². The molecule has 132 valence electrons. The molecule has 0 atom stereocenters. The Bertz CT molecular complexity index is 1010. The van der Waals surface area contributed by atoms with Gasteiger partial charge < -0.3 is 10.6 Å². The van der Waals surface area contributed by atoms with Gasteiger partial charge in [0.05, 0.1) is 11.3 Å². The number of pyridine rings is 2. The van der Waals surface area contributed by atoms with Gasteiger partial charge in [0.1, 0.15) is 11.8 Å². The number of nitrogens with zero attached hydrogens (tertiary/aromatic N) is 3. The summed E-state index contributed by atoms with van der Waals surface area (Å²) >= 11 is 0. The third kappa shape index (κ3) is 4.52. The summed E-state index contributed by atoms with van der Waals surface area (Å²) in [5, 5.41) is 14.5. The fourth-order valence-corrected chi connectivity index (χ4v) is 2.36. The molecular weight excluding hydrogens is 342 g/mol. The number of rotatable bonds is 5. The van der Waals surface area contributed by atoms with E-state index in [0.717, 1.165) is 5.56 Å².